The minimum atomic E-state index is -3.60. The molecule has 150 valence electrons. The van der Waals surface area contributed by atoms with Crippen molar-refractivity contribution in [3.8, 4) is 0 Å². The smallest absolute Gasteiger partial charge is 0.241 e. The lowest BCUT2D eigenvalue weighted by atomic mass is 10.2. The fourth-order valence-corrected chi connectivity index (χ4v) is 4.71. The number of amides is 1. The molecule has 1 aliphatic heterocycles. The normalized spacial score (nSPS) is 14.1. The van der Waals surface area contributed by atoms with Gasteiger partial charge in [-0.3, -0.25) is 9.10 Å². The Bertz CT molecular complexity index is 926. The number of para-hydroxylation sites is 1. The molecule has 0 spiro atoms. The molecule has 1 heterocycles. The number of benzene rings is 2. The van der Waals surface area contributed by atoms with Crippen molar-refractivity contribution in [3.05, 3.63) is 58.6 Å². The molecule has 0 unspecified atom stereocenters. The maximum atomic E-state index is 12.4. The fourth-order valence-electron chi connectivity index (χ4n) is 3.22. The van der Waals surface area contributed by atoms with E-state index in [4.69, 9.17) is 0 Å². The van der Waals surface area contributed by atoms with E-state index in [1.165, 1.54) is 18.5 Å². The van der Waals surface area contributed by atoms with Crippen molar-refractivity contribution >= 4 is 43.2 Å². The third-order valence-corrected chi connectivity index (χ3v) is 6.50. The lowest BCUT2D eigenvalue weighted by Gasteiger charge is -2.23. The Morgan fingerprint density at radius 3 is 2.36 bits per heavy atom. The minimum absolute atomic E-state index is 0.271. The monoisotopic (exact) mass is 465 g/mol. The van der Waals surface area contributed by atoms with Crippen LogP contribution in [-0.4, -0.2) is 40.2 Å². The molecule has 1 N–H and O–H groups in total. The van der Waals surface area contributed by atoms with Crippen LogP contribution in [0.25, 0.3) is 0 Å². The summed E-state index contributed by atoms with van der Waals surface area (Å²) in [5.41, 5.74) is 2.61. The zero-order valence-corrected chi connectivity index (χ0v) is 18.2. The minimum Gasteiger partial charge on any atom is -0.372 e. The van der Waals surface area contributed by atoms with E-state index >= 15 is 0 Å². The quantitative estimate of drug-likeness (QED) is 0.681. The van der Waals surface area contributed by atoms with Crippen molar-refractivity contribution in [1.82, 2.24) is 5.32 Å². The van der Waals surface area contributed by atoms with Crippen LogP contribution in [0.5, 0.6) is 0 Å². The molecule has 1 aliphatic rings. The van der Waals surface area contributed by atoms with Gasteiger partial charge in [0.2, 0.25) is 15.9 Å². The van der Waals surface area contributed by atoms with E-state index in [-0.39, 0.29) is 12.5 Å². The number of nitrogens with one attached hydrogen (secondary N) is 1. The van der Waals surface area contributed by atoms with Crippen LogP contribution >= 0.6 is 15.9 Å². The Kier molecular flexibility index (Phi) is 6.61. The van der Waals surface area contributed by atoms with Crippen LogP contribution in [0.4, 0.5) is 11.4 Å². The van der Waals surface area contributed by atoms with E-state index in [0.29, 0.717) is 16.7 Å². The van der Waals surface area contributed by atoms with E-state index in [1.54, 1.807) is 24.3 Å². The molecular weight excluding hydrogens is 442 g/mol. The molecule has 3 rings (SSSR count). The fraction of sp³-hybridized carbons (Fsp3) is 0.350. The molecule has 2 aromatic carbocycles. The lowest BCUT2D eigenvalue weighted by molar-refractivity contribution is -0.119. The van der Waals surface area contributed by atoms with Gasteiger partial charge in [0.15, 0.2) is 0 Å². The highest BCUT2D eigenvalue weighted by Crippen LogP contribution is 2.27. The highest BCUT2D eigenvalue weighted by molar-refractivity contribution is 9.10. The van der Waals surface area contributed by atoms with E-state index in [1.807, 2.05) is 12.1 Å². The Hall–Kier alpha value is -2.06. The number of nitrogens with zero attached hydrogens (tertiary/aromatic N) is 2. The van der Waals surface area contributed by atoms with Gasteiger partial charge in [0.05, 0.1) is 11.9 Å². The molecule has 0 saturated carbocycles. The van der Waals surface area contributed by atoms with Gasteiger partial charge in [-0.05, 0) is 58.6 Å². The van der Waals surface area contributed by atoms with Crippen molar-refractivity contribution in [1.29, 1.82) is 0 Å². The van der Waals surface area contributed by atoms with E-state index < -0.39 is 10.0 Å². The molecule has 0 bridgehead atoms. The molecule has 1 fully saturated rings. The maximum Gasteiger partial charge on any atom is 0.241 e. The number of carbonyl (C=O) groups is 1. The number of carbonyl (C=O) groups excluding carboxylic acids is 1. The first-order valence-corrected chi connectivity index (χ1v) is 11.8. The van der Waals surface area contributed by atoms with Gasteiger partial charge in [-0.1, -0.05) is 24.3 Å². The molecule has 1 saturated heterocycles. The van der Waals surface area contributed by atoms with Gasteiger partial charge in [-0.15, -0.1) is 0 Å². The van der Waals surface area contributed by atoms with Crippen LogP contribution in [-0.2, 0) is 21.4 Å². The van der Waals surface area contributed by atoms with Crippen molar-refractivity contribution in [2.24, 2.45) is 0 Å². The average molecular weight is 466 g/mol. The second kappa shape index (κ2) is 8.96. The van der Waals surface area contributed by atoms with Gasteiger partial charge in [-0.2, -0.15) is 0 Å². The van der Waals surface area contributed by atoms with Gasteiger partial charge >= 0.3 is 0 Å². The zero-order valence-electron chi connectivity index (χ0n) is 15.8. The first-order valence-electron chi connectivity index (χ1n) is 9.17. The average Bonchev–Trinajstić information content (AvgIpc) is 3.19. The molecule has 6 nitrogen and oxygen atoms in total. The SMILES string of the molecule is CS(=O)(=O)N(CC(=O)NCc1ccc(N2CCCC2)cc1)c1ccccc1Br. The number of hydrogen-bond donors (Lipinski definition) is 1. The van der Waals surface area contributed by atoms with Gasteiger partial charge in [0.1, 0.15) is 6.54 Å². The standard InChI is InChI=1S/C20H24BrN3O3S/c1-28(26,27)24(19-7-3-2-6-18(19)21)15-20(25)22-14-16-8-10-17(11-9-16)23-12-4-5-13-23/h2-3,6-11H,4-5,12-15H2,1H3,(H,22,25). The maximum absolute atomic E-state index is 12.4. The van der Waals surface area contributed by atoms with Gasteiger partial charge in [0.25, 0.3) is 0 Å². The van der Waals surface area contributed by atoms with Crippen molar-refractivity contribution < 1.29 is 13.2 Å². The predicted octanol–water partition coefficient (Wildman–Crippen LogP) is 3.13. The molecule has 0 aromatic heterocycles. The molecule has 2 aromatic rings. The van der Waals surface area contributed by atoms with Crippen molar-refractivity contribution in [2.45, 2.75) is 19.4 Å². The molecule has 0 aliphatic carbocycles. The Morgan fingerprint density at radius 2 is 1.75 bits per heavy atom. The van der Waals surface area contributed by atoms with E-state index in [9.17, 15) is 13.2 Å². The van der Waals surface area contributed by atoms with Gasteiger partial charge in [0, 0.05) is 29.8 Å². The summed E-state index contributed by atoms with van der Waals surface area (Å²) >= 11 is 3.35. The first-order chi connectivity index (χ1) is 13.3. The predicted molar refractivity (Wildman–Crippen MR) is 116 cm³/mol. The molecule has 0 radical (unpaired) electrons. The molecule has 28 heavy (non-hydrogen) atoms. The summed E-state index contributed by atoms with van der Waals surface area (Å²) < 4.78 is 26.1. The van der Waals surface area contributed by atoms with E-state index in [2.05, 4.69) is 38.3 Å². The summed E-state index contributed by atoms with van der Waals surface area (Å²) in [7, 11) is -3.60. The summed E-state index contributed by atoms with van der Waals surface area (Å²) in [5, 5.41) is 2.81. The van der Waals surface area contributed by atoms with Crippen LogP contribution in [0.1, 0.15) is 18.4 Å². The van der Waals surface area contributed by atoms with Crippen LogP contribution in [0.2, 0.25) is 0 Å². The number of hydrogen-bond acceptors (Lipinski definition) is 4. The summed E-state index contributed by atoms with van der Waals surface area (Å²) in [4.78, 5) is 14.7. The Balaban J connectivity index is 1.61. The third kappa shape index (κ3) is 5.26. The number of sulfonamides is 1. The molecule has 8 heteroatoms. The second-order valence-corrected chi connectivity index (χ2v) is 9.62. The van der Waals surface area contributed by atoms with Crippen LogP contribution in [0.15, 0.2) is 53.0 Å². The highest BCUT2D eigenvalue weighted by atomic mass is 79.9. The lowest BCUT2D eigenvalue weighted by Crippen LogP contribution is -2.40. The Morgan fingerprint density at radius 1 is 1.11 bits per heavy atom. The van der Waals surface area contributed by atoms with Crippen LogP contribution < -0.4 is 14.5 Å². The molecule has 0 atom stereocenters. The van der Waals surface area contributed by atoms with Gasteiger partial charge in [-0.25, -0.2) is 8.42 Å². The Labute approximate surface area is 174 Å². The third-order valence-electron chi connectivity index (χ3n) is 4.71. The van der Waals surface area contributed by atoms with Crippen LogP contribution in [0, 0.1) is 0 Å². The number of rotatable bonds is 7. The van der Waals surface area contributed by atoms with Gasteiger partial charge < -0.3 is 10.2 Å². The summed E-state index contributed by atoms with van der Waals surface area (Å²) in [6.45, 7) is 2.26. The largest absolute Gasteiger partial charge is 0.372 e. The highest BCUT2D eigenvalue weighted by Gasteiger charge is 2.22. The molecule has 1 amide bonds. The van der Waals surface area contributed by atoms with Crippen LogP contribution in [0.3, 0.4) is 0 Å². The molecular formula is C20H24BrN3O3S. The number of halogens is 1. The number of anilines is 2. The topological polar surface area (TPSA) is 69.7 Å². The zero-order chi connectivity index (χ0) is 20.1. The van der Waals surface area contributed by atoms with E-state index in [0.717, 1.165) is 29.2 Å². The first kappa shape index (κ1) is 20.7. The summed E-state index contributed by atoms with van der Waals surface area (Å²) in [6, 6.07) is 15.1. The summed E-state index contributed by atoms with van der Waals surface area (Å²) in [6.07, 6.45) is 3.55. The second-order valence-electron chi connectivity index (χ2n) is 6.86. The van der Waals surface area contributed by atoms with Crippen molar-refractivity contribution in [2.75, 3.05) is 35.1 Å². The van der Waals surface area contributed by atoms with Crippen molar-refractivity contribution in [3.63, 3.8) is 0 Å². The summed E-state index contributed by atoms with van der Waals surface area (Å²) in [5.74, 6) is -0.357.